The summed E-state index contributed by atoms with van der Waals surface area (Å²) in [5.41, 5.74) is 1.75. The smallest absolute Gasteiger partial charge is 0.293 e. The van der Waals surface area contributed by atoms with Crippen molar-refractivity contribution < 1.29 is 14.5 Å². The fraction of sp³-hybridized carbons (Fsp3) is 0.0909. The monoisotopic (exact) mass is 404 g/mol. The second kappa shape index (κ2) is 9.83. The summed E-state index contributed by atoms with van der Waals surface area (Å²) in [6.45, 7) is 0.115. The molecule has 0 aliphatic carbocycles. The third-order valence-electron chi connectivity index (χ3n) is 4.25. The van der Waals surface area contributed by atoms with Gasteiger partial charge in [-0.2, -0.15) is 0 Å². The van der Waals surface area contributed by atoms with Crippen LogP contribution in [-0.4, -0.2) is 23.3 Å². The number of rotatable bonds is 8. The third-order valence-corrected chi connectivity index (χ3v) is 4.25. The highest BCUT2D eigenvalue weighted by Gasteiger charge is 2.18. The molecule has 0 unspecified atom stereocenters. The van der Waals surface area contributed by atoms with Crippen LogP contribution in [0.15, 0.2) is 78.9 Å². The molecule has 0 aromatic heterocycles. The molecule has 0 atom stereocenters. The maximum atomic E-state index is 12.3. The summed E-state index contributed by atoms with van der Waals surface area (Å²) >= 11 is 0. The van der Waals surface area contributed by atoms with Gasteiger partial charge in [0.2, 0.25) is 5.91 Å². The maximum Gasteiger partial charge on any atom is 0.293 e. The number of carbonyl (C=O) groups is 2. The van der Waals surface area contributed by atoms with Gasteiger partial charge in [-0.3, -0.25) is 19.7 Å². The van der Waals surface area contributed by atoms with E-state index in [2.05, 4.69) is 16.0 Å². The molecule has 3 aromatic carbocycles. The van der Waals surface area contributed by atoms with Gasteiger partial charge in [0, 0.05) is 23.9 Å². The molecule has 0 spiro atoms. The van der Waals surface area contributed by atoms with Gasteiger partial charge < -0.3 is 16.0 Å². The highest BCUT2D eigenvalue weighted by Crippen LogP contribution is 2.28. The van der Waals surface area contributed by atoms with Crippen LogP contribution in [0.5, 0.6) is 0 Å². The fourth-order valence-corrected chi connectivity index (χ4v) is 2.73. The topological polar surface area (TPSA) is 113 Å². The predicted molar refractivity (Wildman–Crippen MR) is 113 cm³/mol. The molecule has 0 aliphatic rings. The van der Waals surface area contributed by atoms with Gasteiger partial charge in [-0.1, -0.05) is 48.5 Å². The van der Waals surface area contributed by atoms with Gasteiger partial charge in [0.05, 0.1) is 11.5 Å². The van der Waals surface area contributed by atoms with Crippen LogP contribution in [0.25, 0.3) is 0 Å². The Morgan fingerprint density at radius 2 is 1.53 bits per heavy atom. The van der Waals surface area contributed by atoms with Gasteiger partial charge in [0.15, 0.2) is 0 Å². The van der Waals surface area contributed by atoms with Crippen LogP contribution in [0.2, 0.25) is 0 Å². The molecule has 3 aromatic rings. The summed E-state index contributed by atoms with van der Waals surface area (Å²) in [5, 5.41) is 19.6. The molecule has 8 heteroatoms. The summed E-state index contributed by atoms with van der Waals surface area (Å²) in [7, 11) is 0. The van der Waals surface area contributed by atoms with E-state index in [0.29, 0.717) is 12.2 Å². The number of nitro groups is 1. The Morgan fingerprint density at radius 3 is 2.20 bits per heavy atom. The minimum absolute atomic E-state index is 0.0937. The molecule has 3 N–H and O–H groups in total. The summed E-state index contributed by atoms with van der Waals surface area (Å²) in [5.74, 6) is -0.928. The van der Waals surface area contributed by atoms with E-state index < -0.39 is 10.8 Å². The van der Waals surface area contributed by atoms with E-state index in [1.54, 1.807) is 24.3 Å². The number of amides is 2. The summed E-state index contributed by atoms with van der Waals surface area (Å²) in [4.78, 5) is 35.2. The Labute approximate surface area is 173 Å². The molecule has 3 rings (SSSR count). The minimum atomic E-state index is -0.570. The molecule has 0 saturated heterocycles. The summed E-state index contributed by atoms with van der Waals surface area (Å²) < 4.78 is 0. The molecular weight excluding hydrogens is 384 g/mol. The Kier molecular flexibility index (Phi) is 6.73. The molecule has 0 fully saturated rings. The zero-order valence-electron chi connectivity index (χ0n) is 16.0. The van der Waals surface area contributed by atoms with Crippen LogP contribution in [0.1, 0.15) is 15.9 Å². The van der Waals surface area contributed by atoms with Crippen LogP contribution in [0.4, 0.5) is 17.1 Å². The predicted octanol–water partition coefficient (Wildman–Crippen LogP) is 3.38. The highest BCUT2D eigenvalue weighted by atomic mass is 16.6. The number of carbonyl (C=O) groups excluding carboxylic acids is 2. The average molecular weight is 404 g/mol. The number of hydrogen-bond donors (Lipinski definition) is 3. The Morgan fingerprint density at radius 1 is 0.867 bits per heavy atom. The standard InChI is InChI=1S/C22H20N4O4/c27-21(23-14-16-7-3-1-4-8-16)15-24-22(28)17-11-12-19(20(13-17)26(29)30)25-18-9-5-2-6-10-18/h1-13,25H,14-15H2,(H,23,27)(H,24,28). The third kappa shape index (κ3) is 5.65. The molecule has 0 bridgehead atoms. The number of benzene rings is 3. The van der Waals surface area contributed by atoms with E-state index in [1.807, 2.05) is 36.4 Å². The maximum absolute atomic E-state index is 12.3. The van der Waals surface area contributed by atoms with Gasteiger partial charge in [0.1, 0.15) is 5.69 Å². The van der Waals surface area contributed by atoms with Crippen molar-refractivity contribution in [1.29, 1.82) is 0 Å². The summed E-state index contributed by atoms with van der Waals surface area (Å²) in [6.07, 6.45) is 0. The van der Waals surface area contributed by atoms with Gasteiger partial charge >= 0.3 is 0 Å². The van der Waals surface area contributed by atoms with E-state index in [9.17, 15) is 19.7 Å². The SMILES string of the molecule is O=C(CNC(=O)c1ccc(Nc2ccccc2)c([N+](=O)[O-])c1)NCc1ccccc1. The molecule has 8 nitrogen and oxygen atoms in total. The Balaban J connectivity index is 1.60. The van der Waals surface area contributed by atoms with Crippen molar-refractivity contribution in [3.63, 3.8) is 0 Å². The molecule has 2 amide bonds. The van der Waals surface area contributed by atoms with Gasteiger partial charge in [-0.25, -0.2) is 0 Å². The van der Waals surface area contributed by atoms with Crippen LogP contribution >= 0.6 is 0 Å². The van der Waals surface area contributed by atoms with Crippen molar-refractivity contribution in [3.05, 3.63) is 100 Å². The van der Waals surface area contributed by atoms with Gasteiger partial charge in [0.25, 0.3) is 11.6 Å². The first kappa shape index (κ1) is 20.5. The van der Waals surface area contributed by atoms with Crippen molar-refractivity contribution in [3.8, 4) is 0 Å². The van der Waals surface area contributed by atoms with E-state index in [4.69, 9.17) is 0 Å². The molecule has 0 radical (unpaired) electrons. The first-order valence-electron chi connectivity index (χ1n) is 9.22. The van der Waals surface area contributed by atoms with Crippen molar-refractivity contribution in [2.45, 2.75) is 6.54 Å². The van der Waals surface area contributed by atoms with Crippen molar-refractivity contribution in [1.82, 2.24) is 10.6 Å². The lowest BCUT2D eigenvalue weighted by Crippen LogP contribution is -2.36. The quantitative estimate of drug-likeness (QED) is 0.393. The molecule has 0 saturated carbocycles. The second-order valence-corrected chi connectivity index (χ2v) is 6.43. The first-order valence-corrected chi connectivity index (χ1v) is 9.22. The lowest BCUT2D eigenvalue weighted by atomic mass is 10.1. The molecule has 0 aliphatic heterocycles. The van der Waals surface area contributed by atoms with Crippen LogP contribution in [0.3, 0.4) is 0 Å². The number of nitrogens with one attached hydrogen (secondary N) is 3. The number of hydrogen-bond acceptors (Lipinski definition) is 5. The van der Waals surface area contributed by atoms with Crippen molar-refractivity contribution in [2.24, 2.45) is 0 Å². The molecular formula is C22H20N4O4. The Hall–Kier alpha value is -4.20. The first-order chi connectivity index (χ1) is 14.5. The van der Waals surface area contributed by atoms with E-state index >= 15 is 0 Å². The van der Waals surface area contributed by atoms with Gasteiger partial charge in [-0.05, 0) is 29.8 Å². The van der Waals surface area contributed by atoms with E-state index in [1.165, 1.54) is 18.2 Å². The largest absolute Gasteiger partial charge is 0.350 e. The fourth-order valence-electron chi connectivity index (χ4n) is 2.73. The number of anilines is 2. The van der Waals surface area contributed by atoms with Gasteiger partial charge in [-0.15, -0.1) is 0 Å². The van der Waals surface area contributed by atoms with E-state index in [0.717, 1.165) is 5.56 Å². The van der Waals surface area contributed by atoms with Crippen molar-refractivity contribution >= 4 is 28.9 Å². The average Bonchev–Trinajstić information content (AvgIpc) is 2.77. The normalized spacial score (nSPS) is 10.1. The minimum Gasteiger partial charge on any atom is -0.350 e. The van der Waals surface area contributed by atoms with Crippen LogP contribution < -0.4 is 16.0 Å². The van der Waals surface area contributed by atoms with Crippen LogP contribution in [-0.2, 0) is 11.3 Å². The Bertz CT molecular complexity index is 1040. The zero-order chi connectivity index (χ0) is 21.3. The molecule has 152 valence electrons. The lowest BCUT2D eigenvalue weighted by molar-refractivity contribution is -0.383. The zero-order valence-corrected chi connectivity index (χ0v) is 16.0. The summed E-state index contributed by atoms with van der Waals surface area (Å²) in [6, 6.07) is 22.5. The number of para-hydroxylation sites is 1. The van der Waals surface area contributed by atoms with E-state index in [-0.39, 0.29) is 29.4 Å². The lowest BCUT2D eigenvalue weighted by Gasteiger charge is -2.10. The van der Waals surface area contributed by atoms with Crippen molar-refractivity contribution in [2.75, 3.05) is 11.9 Å². The molecule has 0 heterocycles. The number of nitro benzene ring substituents is 1. The highest BCUT2D eigenvalue weighted by molar-refractivity contribution is 5.97. The number of nitrogens with zero attached hydrogens (tertiary/aromatic N) is 1. The second-order valence-electron chi connectivity index (χ2n) is 6.43. The van der Waals surface area contributed by atoms with Crippen LogP contribution in [0, 0.1) is 10.1 Å². The molecule has 30 heavy (non-hydrogen) atoms.